The van der Waals surface area contributed by atoms with Crippen molar-refractivity contribution in [1.29, 1.82) is 0 Å². The predicted molar refractivity (Wildman–Crippen MR) is 425 cm³/mol. The van der Waals surface area contributed by atoms with Gasteiger partial charge < -0.3 is 77.1 Å². The monoisotopic (exact) mass is 1710 g/mol. The fourth-order valence-electron chi connectivity index (χ4n) is 8.42. The third-order valence-corrected chi connectivity index (χ3v) is 14.5. The first-order chi connectivity index (χ1) is 50.2. The first-order valence-corrected chi connectivity index (χ1v) is 33.3. The van der Waals surface area contributed by atoms with E-state index in [-0.39, 0.29) is 41.5 Å². The fraction of sp³-hybridized carbons (Fsp3) is 0.246. The number of nitrogens with two attached hydrogens (primary N) is 7. The number of fused-ring (bicyclic) bond motifs is 8. The summed E-state index contributed by atoms with van der Waals surface area (Å²) in [6.07, 6.45) is 12.8. The summed E-state index contributed by atoms with van der Waals surface area (Å²) >= 11 is 15.7. The van der Waals surface area contributed by atoms with Crippen LogP contribution in [-0.2, 0) is 49.3 Å². The highest BCUT2D eigenvalue weighted by Gasteiger charge is 2.14. The average Bonchev–Trinajstić information content (AvgIpc) is 1.69. The lowest BCUT2D eigenvalue weighted by Crippen LogP contribution is -2.11. The molecule has 41 nitrogen and oxygen atoms in total. The number of aryl methyl sites for hydroxylation is 7. The number of nitrogen functional groups attached to an aromatic ring is 7. The number of nitrogens with one attached hydrogen (secondary N) is 3. The van der Waals surface area contributed by atoms with Crippen LogP contribution in [0.5, 0.6) is 0 Å². The molecule has 17 N–H and O–H groups in total. The molecule has 0 amide bonds. The van der Waals surface area contributed by atoms with E-state index in [1.807, 2.05) is 117 Å². The summed E-state index contributed by atoms with van der Waals surface area (Å²) < 4.78 is 13.5. The zero-order valence-electron chi connectivity index (χ0n) is 58.5. The van der Waals surface area contributed by atoms with Crippen molar-refractivity contribution in [2.45, 2.75) is 55.9 Å². The van der Waals surface area contributed by atoms with E-state index in [1.54, 1.807) is 89.3 Å². The van der Waals surface area contributed by atoms with E-state index < -0.39 is 0 Å². The Bertz CT molecular complexity index is 5690. The third kappa shape index (κ3) is 19.9. The highest BCUT2D eigenvalue weighted by Crippen LogP contribution is 2.21. The van der Waals surface area contributed by atoms with Gasteiger partial charge in [0, 0.05) is 94.5 Å². The van der Waals surface area contributed by atoms with Crippen molar-refractivity contribution < 1.29 is 0 Å². The Labute approximate surface area is 638 Å². The minimum Gasteiger partial charge on any atom is -0.382 e. The van der Waals surface area contributed by atoms with Crippen LogP contribution >= 0.6 is 68.4 Å². The molecule has 0 bridgehead atoms. The lowest BCUT2D eigenvalue weighted by Gasteiger charge is -1.96. The van der Waals surface area contributed by atoms with E-state index in [0.29, 0.717) is 132 Å². The van der Waals surface area contributed by atoms with Crippen LogP contribution in [0, 0.1) is 43.2 Å². The number of H-pyrrole nitrogens is 3. The average molecular weight is 1710 g/mol. The Balaban J connectivity index is 0.000000188. The Morgan fingerprint density at radius 2 is 0.670 bits per heavy atom. The number of aromatic nitrogens is 32. The molecule has 0 saturated heterocycles. The van der Waals surface area contributed by atoms with Crippen molar-refractivity contribution in [3.63, 3.8) is 0 Å². The van der Waals surface area contributed by atoms with E-state index in [2.05, 4.69) is 160 Å². The smallest absolute Gasteiger partial charge is 0.280 e. The van der Waals surface area contributed by atoms with Gasteiger partial charge in [0.15, 0.2) is 97.5 Å². The second-order valence-electron chi connectivity index (χ2n) is 20.2. The van der Waals surface area contributed by atoms with E-state index in [0.717, 1.165) is 11.3 Å². The molecule has 16 aromatic rings. The van der Waals surface area contributed by atoms with Crippen molar-refractivity contribution in [3.05, 3.63) is 107 Å². The van der Waals surface area contributed by atoms with Gasteiger partial charge in [0.25, 0.3) is 11.1 Å². The van der Waals surface area contributed by atoms with Crippen molar-refractivity contribution in [2.75, 3.05) is 40.1 Å². The molecular weight excluding hydrogens is 1640 g/mol. The zero-order valence-corrected chi connectivity index (χ0v) is 64.3. The molecule has 0 aliphatic rings. The fourth-order valence-corrected chi connectivity index (χ4v) is 9.95. The highest BCUT2D eigenvalue weighted by molar-refractivity contribution is 14.1. The zero-order chi connectivity index (χ0) is 77.1. The molecule has 0 aromatic carbocycles. The van der Waals surface area contributed by atoms with E-state index in [9.17, 15) is 9.59 Å². The molecule has 0 aliphatic heterocycles. The van der Waals surface area contributed by atoms with Crippen LogP contribution in [0.25, 0.3) is 89.3 Å². The Morgan fingerprint density at radius 1 is 0.368 bits per heavy atom. The molecule has 0 spiro atoms. The SMILES string of the molecule is C.CC.CC.CC#Cc1nc(N)c2[nH]cnc2n1.CC#Cc1nc(N)c2ncn(C)c2n1.CC#Cc1nc(N)c2ncn(C)c2n1.Cn1cnc2c(=O)[nH]c(N)nc21.Cn1cnc2c(=O)[nH]c(N)nc21.Cn1cnc2c(Cl)nc(I)nc21.Cn1cnc2c(Cl)nc(N)nc21.Cn1cnc2c(N)nc(I)nc21. The lowest BCUT2D eigenvalue weighted by atomic mass is 10.4. The molecule has 0 radical (unpaired) electrons. The van der Waals surface area contributed by atoms with E-state index >= 15 is 0 Å². The van der Waals surface area contributed by atoms with Gasteiger partial charge in [-0.15, -0.1) is 0 Å². The van der Waals surface area contributed by atoms with Crippen molar-refractivity contribution in [3.8, 4) is 35.5 Å². The molecule has 0 atom stereocenters. The summed E-state index contributed by atoms with van der Waals surface area (Å²) in [5, 5.41) is 0.697. The van der Waals surface area contributed by atoms with Gasteiger partial charge in [0.2, 0.25) is 35.3 Å². The van der Waals surface area contributed by atoms with Gasteiger partial charge in [-0.05, 0) is 38.5 Å². The maximum absolute atomic E-state index is 11.2. The minimum absolute atomic E-state index is 0. The molecule has 0 fully saturated rings. The van der Waals surface area contributed by atoms with Crippen LogP contribution in [0.15, 0.2) is 60.2 Å². The van der Waals surface area contributed by atoms with Gasteiger partial charge in [-0.2, -0.15) is 24.9 Å². The molecule has 0 saturated carbocycles. The number of anilines is 7. The Hall–Kier alpha value is -12.7. The highest BCUT2D eigenvalue weighted by atomic mass is 127. The normalized spacial score (nSPS) is 10.0. The summed E-state index contributed by atoms with van der Waals surface area (Å²) in [6, 6.07) is 0. The third-order valence-electron chi connectivity index (χ3n) is 13.0. The molecule has 0 unspecified atom stereocenters. The lowest BCUT2D eigenvalue weighted by molar-refractivity contribution is 0.923. The largest absolute Gasteiger partial charge is 0.382 e. The van der Waals surface area contributed by atoms with Crippen molar-refractivity contribution in [2.24, 2.45) is 49.3 Å². The number of halogens is 4. The summed E-state index contributed by atoms with van der Waals surface area (Å²) in [5.41, 5.74) is 47.7. The summed E-state index contributed by atoms with van der Waals surface area (Å²) in [4.78, 5) is 118. The van der Waals surface area contributed by atoms with E-state index in [4.69, 9.17) is 63.3 Å². The van der Waals surface area contributed by atoms with Gasteiger partial charge in [0.05, 0.1) is 50.6 Å². The maximum Gasteiger partial charge on any atom is 0.280 e. The van der Waals surface area contributed by atoms with Gasteiger partial charge in [0.1, 0.15) is 33.1 Å². The van der Waals surface area contributed by atoms with Crippen molar-refractivity contribution >= 4 is 199 Å². The van der Waals surface area contributed by atoms with Gasteiger partial charge in [-0.3, -0.25) is 19.6 Å². The number of hydrogen-bond acceptors (Lipinski definition) is 31. The van der Waals surface area contributed by atoms with Crippen LogP contribution in [-0.4, -0.2) is 157 Å². The number of imidazole rings is 8. The number of aromatic amines is 3. The quantitative estimate of drug-likeness (QED) is 0.0418. The van der Waals surface area contributed by atoms with Crippen LogP contribution in [0.2, 0.25) is 10.3 Å². The van der Waals surface area contributed by atoms with E-state index in [1.165, 1.54) is 19.0 Å². The van der Waals surface area contributed by atoms with Crippen molar-refractivity contribution in [1.82, 2.24) is 157 Å². The predicted octanol–water partition coefficient (Wildman–Crippen LogP) is 4.88. The van der Waals surface area contributed by atoms with Gasteiger partial charge >= 0.3 is 0 Å². The second-order valence-corrected chi connectivity index (χ2v) is 22.8. The second kappa shape index (κ2) is 37.5. The van der Waals surface area contributed by atoms with Crippen LogP contribution < -0.4 is 51.3 Å². The Morgan fingerprint density at radius 3 is 1.07 bits per heavy atom. The molecular formula is C61H71Cl2I2N39O2. The van der Waals surface area contributed by atoms with Crippen LogP contribution in [0.1, 0.15) is 73.4 Å². The summed E-state index contributed by atoms with van der Waals surface area (Å²) in [7, 11) is 12.8. The number of nitrogens with zero attached hydrogens (tertiary/aromatic N) is 29. The topological polar surface area (TPSA) is 582 Å². The van der Waals surface area contributed by atoms with Crippen LogP contribution in [0.3, 0.4) is 0 Å². The molecule has 550 valence electrons. The summed E-state index contributed by atoms with van der Waals surface area (Å²) in [5.74, 6) is 19.6. The molecule has 16 rings (SSSR count). The molecule has 45 heteroatoms. The minimum atomic E-state index is -0.307. The Kier molecular flexibility index (Phi) is 29.1. The summed E-state index contributed by atoms with van der Waals surface area (Å²) in [6.45, 7) is 13.2. The maximum atomic E-state index is 11.2. The first kappa shape index (κ1) is 82.3. The molecule has 16 heterocycles. The molecule has 106 heavy (non-hydrogen) atoms. The number of rotatable bonds is 0. The first-order valence-electron chi connectivity index (χ1n) is 30.3. The standard InChI is InChI=1S/2C9H9N5.C8H7N5.C6H4ClIN4.C6H6ClN5.C6H6IN5.2C6H7N5O.2C2H6.CH4/c2*1-3-4-6-12-8(10)7-9(13-6)14(2)5-11-7;1-2-3-5-12-7(9)6-8(13-5)11-4-10-6;2*1-12-2-9-3-4(7)10-6(8)11-5(3)12;1-12-2-9-3-4(8)10-6(7)11-5(3)12;2*1-11-2-8-3-4(11)9-6(7)10-5(3)12;2*1-2;/h2*5H,1-2H3,(H2,10,12,13);4H,1H3,(H3,9,10,11,12,13);2H,1H3;2*2H,1H3,(H2,8,10,11);2*2H,1H3,(H3,7,9,10,12);2*1-2H3;1H4. The van der Waals surface area contributed by atoms with Crippen LogP contribution in [0.4, 0.5) is 41.1 Å². The number of hydrogen-bond donors (Lipinski definition) is 10. The molecule has 16 aromatic heterocycles. The molecule has 0 aliphatic carbocycles. The van der Waals surface area contributed by atoms with Gasteiger partial charge in [-0.1, -0.05) is 76.1 Å². The van der Waals surface area contributed by atoms with Gasteiger partial charge in [-0.25, -0.2) is 84.7 Å².